The molecule has 0 fully saturated rings. The second-order valence-electron chi connectivity index (χ2n) is 3.21. The van der Waals surface area contributed by atoms with E-state index in [1.807, 2.05) is 54.6 Å². The monoisotopic (exact) mass is 340 g/mol. The van der Waals surface area contributed by atoms with Gasteiger partial charge in [-0.25, -0.2) is 0 Å². The van der Waals surface area contributed by atoms with E-state index in [1.54, 1.807) is 0 Å². The molecule has 0 unspecified atom stereocenters. The molecule has 0 heterocycles. The van der Waals surface area contributed by atoms with Crippen LogP contribution in [-0.2, 0) is 0 Å². The van der Waals surface area contributed by atoms with Crippen molar-refractivity contribution >= 4 is 40.0 Å². The predicted molar refractivity (Wildman–Crippen MR) is 70.3 cm³/mol. The molecule has 1 nitrogen and oxygen atoms in total. The number of hydrogen-bond donors (Lipinski definition) is 0. The van der Waals surface area contributed by atoms with Crippen molar-refractivity contribution in [2.45, 2.75) is 0 Å². The van der Waals surface area contributed by atoms with Crippen LogP contribution in [0.4, 0.5) is 0 Å². The van der Waals surface area contributed by atoms with Crippen molar-refractivity contribution in [2.75, 3.05) is 0 Å². The molecule has 0 saturated heterocycles. The number of halogens is 1. The van der Waals surface area contributed by atoms with Crippen LogP contribution >= 0.6 is 15.9 Å². The Morgan fingerprint density at radius 1 is 0.938 bits per heavy atom. The van der Waals surface area contributed by atoms with Crippen LogP contribution in [0.15, 0.2) is 59.1 Å². The zero-order valence-corrected chi connectivity index (χ0v) is 11.7. The standard InChI is InChI=1S/C13H9BrOSe/c14-11-8-6-10(7-9-11)13(15)16-12-4-2-1-3-5-12/h1-9H. The first-order valence-electron chi connectivity index (χ1n) is 4.78. The third kappa shape index (κ3) is 3.05. The fraction of sp³-hybridized carbons (Fsp3) is 0. The van der Waals surface area contributed by atoms with Crippen LogP contribution in [0.25, 0.3) is 0 Å². The van der Waals surface area contributed by atoms with Crippen molar-refractivity contribution in [3.63, 3.8) is 0 Å². The van der Waals surface area contributed by atoms with Gasteiger partial charge in [-0.1, -0.05) is 0 Å². The third-order valence-electron chi connectivity index (χ3n) is 2.03. The molecule has 0 bridgehead atoms. The van der Waals surface area contributed by atoms with Crippen molar-refractivity contribution in [1.82, 2.24) is 0 Å². The van der Waals surface area contributed by atoms with Gasteiger partial charge in [-0.05, 0) is 0 Å². The Morgan fingerprint density at radius 2 is 1.56 bits per heavy atom. The molecule has 0 spiro atoms. The van der Waals surface area contributed by atoms with Gasteiger partial charge in [0.05, 0.1) is 0 Å². The first-order valence-corrected chi connectivity index (χ1v) is 7.29. The van der Waals surface area contributed by atoms with E-state index < -0.39 is 0 Å². The summed E-state index contributed by atoms with van der Waals surface area (Å²) in [6.45, 7) is 0. The van der Waals surface area contributed by atoms with Crippen LogP contribution in [0.5, 0.6) is 0 Å². The Bertz CT molecular complexity index is 479. The second kappa shape index (κ2) is 5.44. The summed E-state index contributed by atoms with van der Waals surface area (Å²) in [6.07, 6.45) is 0. The van der Waals surface area contributed by atoms with Crippen molar-refractivity contribution in [3.05, 3.63) is 64.6 Å². The molecule has 0 aliphatic heterocycles. The number of carbonyl (C=O) groups excluding carboxylic acids is 1. The molecular weight excluding hydrogens is 331 g/mol. The fourth-order valence-electron chi connectivity index (χ4n) is 1.24. The third-order valence-corrected chi connectivity index (χ3v) is 4.51. The molecule has 0 amide bonds. The molecule has 3 heteroatoms. The van der Waals surface area contributed by atoms with Crippen LogP contribution in [0.3, 0.4) is 0 Å². The van der Waals surface area contributed by atoms with E-state index in [9.17, 15) is 4.79 Å². The van der Waals surface area contributed by atoms with Gasteiger partial charge in [0.15, 0.2) is 0 Å². The van der Waals surface area contributed by atoms with E-state index in [2.05, 4.69) is 15.9 Å². The zero-order valence-electron chi connectivity index (χ0n) is 8.39. The van der Waals surface area contributed by atoms with Gasteiger partial charge in [-0.15, -0.1) is 0 Å². The van der Waals surface area contributed by atoms with Crippen LogP contribution in [-0.4, -0.2) is 19.6 Å². The minimum atomic E-state index is -0.130. The second-order valence-corrected chi connectivity index (χ2v) is 6.32. The first kappa shape index (κ1) is 11.6. The van der Waals surface area contributed by atoms with E-state index in [-0.39, 0.29) is 19.6 Å². The quantitative estimate of drug-likeness (QED) is 0.786. The van der Waals surface area contributed by atoms with Crippen molar-refractivity contribution in [3.8, 4) is 0 Å². The summed E-state index contributed by atoms with van der Waals surface area (Å²) in [7, 11) is 0. The Morgan fingerprint density at radius 3 is 2.19 bits per heavy atom. The molecule has 16 heavy (non-hydrogen) atoms. The number of hydrogen-bond acceptors (Lipinski definition) is 1. The van der Waals surface area contributed by atoms with Gasteiger partial charge in [-0.3, -0.25) is 0 Å². The summed E-state index contributed by atoms with van der Waals surface area (Å²) >= 11 is 3.23. The van der Waals surface area contributed by atoms with Gasteiger partial charge in [0, 0.05) is 0 Å². The number of benzene rings is 2. The van der Waals surface area contributed by atoms with Gasteiger partial charge < -0.3 is 0 Å². The van der Waals surface area contributed by atoms with E-state index in [0.717, 1.165) is 14.5 Å². The van der Waals surface area contributed by atoms with E-state index >= 15 is 0 Å². The SMILES string of the molecule is O=C([Se]c1ccccc1)c1ccc(Br)cc1. The summed E-state index contributed by atoms with van der Waals surface area (Å²) in [5, 5.41) is 0. The minimum absolute atomic E-state index is 0.130. The Hall–Kier alpha value is -0.891. The average molecular weight is 340 g/mol. The molecule has 0 N–H and O–H groups in total. The fourth-order valence-corrected chi connectivity index (χ4v) is 3.10. The molecule has 0 saturated carbocycles. The van der Waals surface area contributed by atoms with Crippen LogP contribution in [0, 0.1) is 0 Å². The van der Waals surface area contributed by atoms with Crippen LogP contribution < -0.4 is 4.46 Å². The first-order chi connectivity index (χ1) is 7.75. The van der Waals surface area contributed by atoms with E-state index in [4.69, 9.17) is 0 Å². The molecule has 0 atom stereocenters. The molecule has 2 aromatic carbocycles. The maximum atomic E-state index is 11.9. The van der Waals surface area contributed by atoms with Crippen molar-refractivity contribution in [2.24, 2.45) is 0 Å². The molecule has 80 valence electrons. The molecule has 0 aromatic heterocycles. The maximum absolute atomic E-state index is 11.9. The Labute approximate surface area is 109 Å². The van der Waals surface area contributed by atoms with Gasteiger partial charge in [0.25, 0.3) is 0 Å². The summed E-state index contributed by atoms with van der Waals surface area (Å²) < 4.78 is 2.32. The van der Waals surface area contributed by atoms with Gasteiger partial charge in [0.2, 0.25) is 0 Å². The van der Waals surface area contributed by atoms with Crippen LogP contribution in [0.1, 0.15) is 10.4 Å². The summed E-state index contributed by atoms with van der Waals surface area (Å²) in [5.74, 6) is 0. The Kier molecular flexibility index (Phi) is 3.94. The topological polar surface area (TPSA) is 17.1 Å². The molecule has 0 aliphatic carbocycles. The van der Waals surface area contributed by atoms with Crippen molar-refractivity contribution < 1.29 is 4.79 Å². The zero-order chi connectivity index (χ0) is 11.4. The number of carbonyl (C=O) groups is 1. The summed E-state index contributed by atoms with van der Waals surface area (Å²) in [4.78, 5) is 11.9. The normalized spacial score (nSPS) is 10.1. The molecule has 2 aromatic rings. The molecule has 0 radical (unpaired) electrons. The molecule has 2 rings (SSSR count). The summed E-state index contributed by atoms with van der Waals surface area (Å²) in [5.41, 5.74) is 0.784. The molecular formula is C13H9BrOSe. The van der Waals surface area contributed by atoms with E-state index in [0.29, 0.717) is 0 Å². The summed E-state index contributed by atoms with van der Waals surface area (Å²) in [6, 6.07) is 17.4. The van der Waals surface area contributed by atoms with Crippen molar-refractivity contribution in [1.29, 1.82) is 0 Å². The Balaban J connectivity index is 2.12. The number of rotatable bonds is 3. The van der Waals surface area contributed by atoms with Gasteiger partial charge >= 0.3 is 109 Å². The van der Waals surface area contributed by atoms with E-state index in [1.165, 1.54) is 0 Å². The van der Waals surface area contributed by atoms with Gasteiger partial charge in [-0.2, -0.15) is 0 Å². The van der Waals surface area contributed by atoms with Crippen LogP contribution in [0.2, 0.25) is 0 Å². The predicted octanol–water partition coefficient (Wildman–Crippen LogP) is 2.62. The van der Waals surface area contributed by atoms with Gasteiger partial charge in [0.1, 0.15) is 0 Å². The average Bonchev–Trinajstić information content (AvgIpc) is 2.31. The molecule has 0 aliphatic rings.